The van der Waals surface area contributed by atoms with Crippen LogP contribution in [0.1, 0.15) is 32.6 Å². The Balaban J connectivity index is 1.79. The fourth-order valence-corrected chi connectivity index (χ4v) is 2.51. The lowest BCUT2D eigenvalue weighted by Crippen LogP contribution is -2.48. The summed E-state index contributed by atoms with van der Waals surface area (Å²) in [5.41, 5.74) is 0.791. The maximum Gasteiger partial charge on any atom is 0.321 e. The van der Waals surface area contributed by atoms with E-state index in [1.807, 2.05) is 12.1 Å². The minimum atomic E-state index is -0.511. The molecule has 3 N–H and O–H groups in total. The number of rotatable bonds is 5. The lowest BCUT2D eigenvalue weighted by atomic mass is 10.2. The number of carbonyl (C=O) groups excluding carboxylic acids is 2. The lowest BCUT2D eigenvalue weighted by molar-refractivity contribution is -0.120. The minimum absolute atomic E-state index is 0.192. The number of anilines is 1. The normalized spacial score (nSPS) is 15.9. The van der Waals surface area contributed by atoms with E-state index in [1.165, 1.54) is 0 Å². The van der Waals surface area contributed by atoms with Gasteiger partial charge < -0.3 is 15.4 Å². The van der Waals surface area contributed by atoms with Gasteiger partial charge in [-0.05, 0) is 44.0 Å². The van der Waals surface area contributed by atoms with Gasteiger partial charge in [-0.15, -0.1) is 0 Å². The molecule has 0 bridgehead atoms. The monoisotopic (exact) mass is 305 g/mol. The van der Waals surface area contributed by atoms with Crippen LogP contribution in [-0.4, -0.2) is 31.1 Å². The van der Waals surface area contributed by atoms with E-state index in [4.69, 9.17) is 4.74 Å². The summed E-state index contributed by atoms with van der Waals surface area (Å²) >= 11 is 0. The lowest BCUT2D eigenvalue weighted by Gasteiger charge is -2.17. The van der Waals surface area contributed by atoms with Gasteiger partial charge in [-0.1, -0.05) is 12.8 Å². The van der Waals surface area contributed by atoms with Crippen molar-refractivity contribution in [1.82, 2.24) is 10.6 Å². The number of urea groups is 1. The first-order chi connectivity index (χ1) is 10.6. The van der Waals surface area contributed by atoms with Gasteiger partial charge in [-0.3, -0.25) is 10.1 Å². The van der Waals surface area contributed by atoms with Crippen LogP contribution >= 0.6 is 0 Å². The Kier molecular flexibility index (Phi) is 5.63. The van der Waals surface area contributed by atoms with Gasteiger partial charge >= 0.3 is 6.03 Å². The predicted molar refractivity (Wildman–Crippen MR) is 85.0 cm³/mol. The van der Waals surface area contributed by atoms with Gasteiger partial charge in [0.25, 0.3) is 0 Å². The van der Waals surface area contributed by atoms with Crippen molar-refractivity contribution in [2.45, 2.75) is 44.7 Å². The predicted octanol–water partition coefficient (Wildman–Crippen LogP) is 2.26. The van der Waals surface area contributed by atoms with Gasteiger partial charge in [0.2, 0.25) is 5.91 Å². The summed E-state index contributed by atoms with van der Waals surface area (Å²) in [6.07, 6.45) is 4.24. The molecule has 1 fully saturated rings. The van der Waals surface area contributed by atoms with Crippen molar-refractivity contribution >= 4 is 17.6 Å². The zero-order chi connectivity index (χ0) is 15.9. The van der Waals surface area contributed by atoms with E-state index in [1.54, 1.807) is 26.2 Å². The van der Waals surface area contributed by atoms with Crippen LogP contribution in [0.15, 0.2) is 24.3 Å². The van der Waals surface area contributed by atoms with E-state index < -0.39 is 12.1 Å². The first kappa shape index (κ1) is 16.1. The molecule has 0 saturated heterocycles. The molecule has 1 aliphatic carbocycles. The minimum Gasteiger partial charge on any atom is -0.497 e. The van der Waals surface area contributed by atoms with Gasteiger partial charge in [0.05, 0.1) is 7.11 Å². The highest BCUT2D eigenvalue weighted by molar-refractivity contribution is 5.98. The third-order valence-corrected chi connectivity index (χ3v) is 3.79. The van der Waals surface area contributed by atoms with Crippen LogP contribution in [0.3, 0.4) is 0 Å². The van der Waals surface area contributed by atoms with E-state index in [9.17, 15) is 9.59 Å². The van der Waals surface area contributed by atoms with Gasteiger partial charge in [0, 0.05) is 11.7 Å². The Morgan fingerprint density at radius 3 is 2.41 bits per heavy atom. The Morgan fingerprint density at radius 1 is 1.18 bits per heavy atom. The van der Waals surface area contributed by atoms with E-state index in [2.05, 4.69) is 16.0 Å². The van der Waals surface area contributed by atoms with Crippen molar-refractivity contribution in [1.29, 1.82) is 0 Å². The zero-order valence-electron chi connectivity index (χ0n) is 13.0. The van der Waals surface area contributed by atoms with Crippen molar-refractivity contribution in [3.8, 4) is 5.75 Å². The second kappa shape index (κ2) is 7.68. The number of amides is 3. The van der Waals surface area contributed by atoms with E-state index in [0.29, 0.717) is 0 Å². The Morgan fingerprint density at radius 2 is 1.82 bits per heavy atom. The molecule has 1 aliphatic rings. The summed E-state index contributed by atoms with van der Waals surface area (Å²) in [6.45, 7) is 1.71. The van der Waals surface area contributed by atoms with Gasteiger partial charge in [-0.2, -0.15) is 0 Å². The summed E-state index contributed by atoms with van der Waals surface area (Å²) in [5, 5.41) is 8.25. The topological polar surface area (TPSA) is 79.5 Å². The number of methoxy groups -OCH3 is 1. The highest BCUT2D eigenvalue weighted by atomic mass is 16.5. The first-order valence-electron chi connectivity index (χ1n) is 7.60. The molecular weight excluding hydrogens is 282 g/mol. The van der Waals surface area contributed by atoms with E-state index in [-0.39, 0.29) is 11.9 Å². The van der Waals surface area contributed by atoms with E-state index >= 15 is 0 Å². The molecule has 0 aliphatic heterocycles. The second-order valence-corrected chi connectivity index (χ2v) is 5.54. The summed E-state index contributed by atoms with van der Waals surface area (Å²) in [4.78, 5) is 23.8. The van der Waals surface area contributed by atoms with Crippen LogP contribution < -0.4 is 20.7 Å². The number of ether oxygens (including phenoxy) is 1. The molecule has 0 aromatic heterocycles. The highest BCUT2D eigenvalue weighted by Crippen LogP contribution is 2.17. The zero-order valence-corrected chi connectivity index (χ0v) is 13.0. The van der Waals surface area contributed by atoms with Crippen LogP contribution in [0.5, 0.6) is 5.75 Å². The third kappa shape index (κ3) is 4.65. The molecule has 0 heterocycles. The number of nitrogens with one attached hydrogen (secondary N) is 3. The molecular formula is C16H23N3O3. The third-order valence-electron chi connectivity index (χ3n) is 3.79. The molecule has 1 aromatic carbocycles. The number of carbonyl (C=O) groups is 2. The molecule has 120 valence electrons. The van der Waals surface area contributed by atoms with Gasteiger partial charge in [-0.25, -0.2) is 4.79 Å². The largest absolute Gasteiger partial charge is 0.497 e. The number of benzene rings is 1. The number of hydrogen-bond acceptors (Lipinski definition) is 4. The quantitative estimate of drug-likeness (QED) is 0.779. The molecule has 1 aromatic rings. The second-order valence-electron chi connectivity index (χ2n) is 5.54. The molecule has 0 radical (unpaired) electrons. The van der Waals surface area contributed by atoms with Crippen LogP contribution in [0.2, 0.25) is 0 Å². The maximum absolute atomic E-state index is 12.0. The fourth-order valence-electron chi connectivity index (χ4n) is 2.51. The molecule has 6 heteroatoms. The van der Waals surface area contributed by atoms with Crippen LogP contribution in [-0.2, 0) is 4.79 Å². The SMILES string of the molecule is COc1ccc(NC(C)C(=O)NC(=O)NC2CCCC2)cc1. The average Bonchev–Trinajstić information content (AvgIpc) is 3.00. The van der Waals surface area contributed by atoms with Crippen LogP contribution in [0.25, 0.3) is 0 Å². The first-order valence-corrected chi connectivity index (χ1v) is 7.60. The van der Waals surface area contributed by atoms with Crippen molar-refractivity contribution < 1.29 is 14.3 Å². The molecule has 6 nitrogen and oxygen atoms in total. The van der Waals surface area contributed by atoms with Crippen LogP contribution in [0, 0.1) is 0 Å². The van der Waals surface area contributed by atoms with Gasteiger partial charge in [0.1, 0.15) is 11.8 Å². The molecule has 0 spiro atoms. The van der Waals surface area contributed by atoms with Crippen molar-refractivity contribution in [2.24, 2.45) is 0 Å². The molecule has 1 atom stereocenters. The number of hydrogen-bond donors (Lipinski definition) is 3. The van der Waals surface area contributed by atoms with Crippen molar-refractivity contribution in [2.75, 3.05) is 12.4 Å². The van der Waals surface area contributed by atoms with Crippen LogP contribution in [0.4, 0.5) is 10.5 Å². The average molecular weight is 305 g/mol. The molecule has 22 heavy (non-hydrogen) atoms. The van der Waals surface area contributed by atoms with Crippen molar-refractivity contribution in [3.63, 3.8) is 0 Å². The Hall–Kier alpha value is -2.24. The molecule has 1 unspecified atom stereocenters. The maximum atomic E-state index is 12.0. The Bertz CT molecular complexity index is 510. The smallest absolute Gasteiger partial charge is 0.321 e. The summed E-state index contributed by atoms with van der Waals surface area (Å²) in [6, 6.07) is 6.52. The molecule has 1 saturated carbocycles. The Labute approximate surface area is 130 Å². The summed E-state index contributed by atoms with van der Waals surface area (Å²) < 4.78 is 5.08. The van der Waals surface area contributed by atoms with Gasteiger partial charge in [0.15, 0.2) is 0 Å². The summed E-state index contributed by atoms with van der Waals surface area (Å²) in [7, 11) is 1.60. The fraction of sp³-hybridized carbons (Fsp3) is 0.500. The molecule has 3 amide bonds. The van der Waals surface area contributed by atoms with Crippen molar-refractivity contribution in [3.05, 3.63) is 24.3 Å². The number of imide groups is 1. The standard InChI is InChI=1S/C16H23N3O3/c1-11(17-13-7-9-14(22-2)10-8-13)15(20)19-16(21)18-12-5-3-4-6-12/h7-12,17H,3-6H2,1-2H3,(H2,18,19,20,21). The highest BCUT2D eigenvalue weighted by Gasteiger charge is 2.20. The molecule has 2 rings (SSSR count). The summed E-state index contributed by atoms with van der Waals surface area (Å²) in [5.74, 6) is 0.393. The van der Waals surface area contributed by atoms with E-state index in [0.717, 1.165) is 37.1 Å².